The third-order valence-electron chi connectivity index (χ3n) is 4.20. The van der Waals surface area contributed by atoms with Crippen molar-refractivity contribution in [3.8, 4) is 0 Å². The molecule has 2 N–H and O–H groups in total. The lowest BCUT2D eigenvalue weighted by Gasteiger charge is -2.10. The Bertz CT molecular complexity index is 1170. The van der Waals surface area contributed by atoms with Crippen molar-refractivity contribution in [1.82, 2.24) is 0 Å². The molecule has 0 bridgehead atoms. The van der Waals surface area contributed by atoms with Crippen LogP contribution in [0.1, 0.15) is 16.7 Å². The van der Waals surface area contributed by atoms with Crippen molar-refractivity contribution in [2.75, 3.05) is 10.0 Å². The van der Waals surface area contributed by atoms with E-state index in [4.69, 9.17) is 0 Å². The number of aryl methyl sites for hydroxylation is 2. The number of rotatable bonds is 6. The van der Waals surface area contributed by atoms with Crippen molar-refractivity contribution < 1.29 is 17.6 Å². The molecule has 0 aromatic heterocycles. The lowest BCUT2D eigenvalue weighted by molar-refractivity contribution is -0.111. The second-order valence-corrected chi connectivity index (χ2v) is 8.56. The molecule has 0 saturated carbocycles. The quantitative estimate of drug-likeness (QED) is 0.553. The lowest BCUT2D eigenvalue weighted by atomic mass is 10.1. The van der Waals surface area contributed by atoms with Crippen LogP contribution in [0.3, 0.4) is 0 Å². The molecule has 0 radical (unpaired) electrons. The zero-order valence-corrected chi connectivity index (χ0v) is 17.3. The van der Waals surface area contributed by atoms with Gasteiger partial charge in [0, 0.05) is 17.5 Å². The van der Waals surface area contributed by atoms with Crippen LogP contribution in [0.4, 0.5) is 15.8 Å². The van der Waals surface area contributed by atoms with Gasteiger partial charge in [0.2, 0.25) is 5.91 Å². The molecule has 0 atom stereocenters. The molecule has 0 aliphatic heterocycles. The Kier molecular flexibility index (Phi) is 6.32. The smallest absolute Gasteiger partial charge is 0.261 e. The van der Waals surface area contributed by atoms with Gasteiger partial charge in [-0.05, 0) is 85.1 Å². The molecular weight excluding hydrogens is 403 g/mol. The number of carbonyl (C=O) groups excluding carboxylic acids is 1. The van der Waals surface area contributed by atoms with Gasteiger partial charge in [-0.25, -0.2) is 12.8 Å². The van der Waals surface area contributed by atoms with E-state index >= 15 is 0 Å². The monoisotopic (exact) mass is 424 g/mol. The van der Waals surface area contributed by atoms with E-state index in [9.17, 15) is 17.6 Å². The summed E-state index contributed by atoms with van der Waals surface area (Å²) in [6.07, 6.45) is 2.88. The van der Waals surface area contributed by atoms with Crippen LogP contribution in [0.15, 0.2) is 77.7 Å². The third kappa shape index (κ3) is 5.78. The average molecular weight is 424 g/mol. The van der Waals surface area contributed by atoms with Crippen LogP contribution in [-0.2, 0) is 14.8 Å². The summed E-state index contributed by atoms with van der Waals surface area (Å²) in [7, 11) is -3.75. The average Bonchev–Trinajstić information content (AvgIpc) is 2.67. The number of nitrogens with one attached hydrogen (secondary N) is 2. The van der Waals surface area contributed by atoms with Crippen LogP contribution in [0.5, 0.6) is 0 Å². The van der Waals surface area contributed by atoms with Gasteiger partial charge in [-0.1, -0.05) is 18.2 Å². The number of sulfonamides is 1. The summed E-state index contributed by atoms with van der Waals surface area (Å²) in [6.45, 7) is 3.79. The molecule has 0 unspecified atom stereocenters. The van der Waals surface area contributed by atoms with E-state index in [2.05, 4.69) is 10.0 Å². The van der Waals surface area contributed by atoms with Gasteiger partial charge < -0.3 is 5.32 Å². The van der Waals surface area contributed by atoms with Crippen LogP contribution in [0, 0.1) is 19.7 Å². The van der Waals surface area contributed by atoms with Crippen molar-refractivity contribution >= 4 is 33.4 Å². The fourth-order valence-electron chi connectivity index (χ4n) is 2.89. The van der Waals surface area contributed by atoms with E-state index in [0.717, 1.165) is 11.1 Å². The highest BCUT2D eigenvalue weighted by Gasteiger charge is 2.14. The number of hydrogen-bond acceptors (Lipinski definition) is 3. The minimum absolute atomic E-state index is 0.0847. The molecule has 5 nitrogen and oxygen atoms in total. The molecule has 3 aromatic rings. The highest BCUT2D eigenvalue weighted by atomic mass is 32.2. The number of carbonyl (C=O) groups is 1. The molecule has 7 heteroatoms. The molecule has 30 heavy (non-hydrogen) atoms. The fraction of sp³-hybridized carbons (Fsp3) is 0.0870. The Morgan fingerprint density at radius 2 is 1.47 bits per heavy atom. The Morgan fingerprint density at radius 1 is 0.867 bits per heavy atom. The first kappa shape index (κ1) is 21.3. The zero-order valence-electron chi connectivity index (χ0n) is 16.5. The van der Waals surface area contributed by atoms with Gasteiger partial charge in [-0.3, -0.25) is 9.52 Å². The van der Waals surface area contributed by atoms with E-state index in [0.29, 0.717) is 16.9 Å². The summed E-state index contributed by atoms with van der Waals surface area (Å²) in [5.41, 5.74) is 3.55. The number of halogens is 1. The number of benzene rings is 3. The molecule has 0 fully saturated rings. The van der Waals surface area contributed by atoms with Crippen molar-refractivity contribution in [3.63, 3.8) is 0 Å². The van der Waals surface area contributed by atoms with Gasteiger partial charge in [0.15, 0.2) is 0 Å². The van der Waals surface area contributed by atoms with E-state index < -0.39 is 10.0 Å². The highest BCUT2D eigenvalue weighted by molar-refractivity contribution is 7.92. The second-order valence-electron chi connectivity index (χ2n) is 6.88. The first-order valence-corrected chi connectivity index (χ1v) is 10.7. The number of hydrogen-bond donors (Lipinski definition) is 2. The molecule has 0 aliphatic carbocycles. The third-order valence-corrected chi connectivity index (χ3v) is 5.60. The predicted octanol–water partition coefficient (Wildman–Crippen LogP) is 4.90. The van der Waals surface area contributed by atoms with E-state index in [-0.39, 0.29) is 16.6 Å². The maximum Gasteiger partial charge on any atom is 0.261 e. The first-order valence-electron chi connectivity index (χ1n) is 9.17. The van der Waals surface area contributed by atoms with Crippen molar-refractivity contribution in [1.29, 1.82) is 0 Å². The van der Waals surface area contributed by atoms with Gasteiger partial charge in [0.1, 0.15) is 5.82 Å². The molecule has 3 rings (SSSR count). The van der Waals surface area contributed by atoms with Crippen LogP contribution < -0.4 is 10.0 Å². The first-order chi connectivity index (χ1) is 14.2. The molecular formula is C23H21FN2O3S. The normalized spacial score (nSPS) is 11.4. The molecule has 0 heterocycles. The summed E-state index contributed by atoms with van der Waals surface area (Å²) >= 11 is 0. The molecule has 0 aliphatic rings. The van der Waals surface area contributed by atoms with Gasteiger partial charge in [-0.2, -0.15) is 0 Å². The Balaban J connectivity index is 1.66. The number of amides is 1. The van der Waals surface area contributed by atoms with Crippen LogP contribution in [-0.4, -0.2) is 14.3 Å². The molecule has 1 amide bonds. The highest BCUT2D eigenvalue weighted by Crippen LogP contribution is 2.20. The van der Waals surface area contributed by atoms with Gasteiger partial charge >= 0.3 is 0 Å². The molecule has 0 spiro atoms. The van der Waals surface area contributed by atoms with Crippen LogP contribution in [0.2, 0.25) is 0 Å². The largest absolute Gasteiger partial charge is 0.323 e. The number of anilines is 2. The van der Waals surface area contributed by atoms with E-state index in [1.807, 2.05) is 19.9 Å². The minimum Gasteiger partial charge on any atom is -0.323 e. The Labute approximate surface area is 175 Å². The van der Waals surface area contributed by atoms with Crippen LogP contribution in [0.25, 0.3) is 6.08 Å². The molecule has 154 valence electrons. The van der Waals surface area contributed by atoms with Crippen molar-refractivity contribution in [2.45, 2.75) is 18.7 Å². The van der Waals surface area contributed by atoms with E-state index in [1.54, 1.807) is 30.3 Å². The summed E-state index contributed by atoms with van der Waals surface area (Å²) in [6, 6.07) is 17.1. The van der Waals surface area contributed by atoms with Crippen LogP contribution >= 0.6 is 0 Å². The van der Waals surface area contributed by atoms with Crippen molar-refractivity contribution in [3.05, 3.63) is 95.3 Å². The fourth-order valence-corrected chi connectivity index (χ4v) is 3.94. The van der Waals surface area contributed by atoms with E-state index in [1.165, 1.54) is 42.5 Å². The maximum absolute atomic E-state index is 12.9. The Hall–Kier alpha value is -3.45. The van der Waals surface area contributed by atoms with Gasteiger partial charge in [0.05, 0.1) is 4.90 Å². The Morgan fingerprint density at radius 3 is 2.07 bits per heavy atom. The minimum atomic E-state index is -3.75. The maximum atomic E-state index is 12.9. The zero-order chi connectivity index (χ0) is 21.7. The molecule has 0 saturated heterocycles. The SMILES string of the molecule is Cc1cc(C)cc(NS(=O)(=O)c2ccc(NC(=O)/C=C/c3ccc(F)cc3)cc2)c1. The van der Waals surface area contributed by atoms with Gasteiger partial charge in [0.25, 0.3) is 10.0 Å². The van der Waals surface area contributed by atoms with Gasteiger partial charge in [-0.15, -0.1) is 0 Å². The standard InChI is InChI=1S/C23H21FN2O3S/c1-16-13-17(2)15-21(14-16)26-30(28,29)22-10-8-20(9-11-22)25-23(27)12-5-18-3-6-19(24)7-4-18/h3-15,26H,1-2H3,(H,25,27)/b12-5+. The topological polar surface area (TPSA) is 75.3 Å². The summed E-state index contributed by atoms with van der Waals surface area (Å²) in [4.78, 5) is 12.1. The summed E-state index contributed by atoms with van der Waals surface area (Å²) < 4.78 is 40.7. The lowest BCUT2D eigenvalue weighted by Crippen LogP contribution is -2.13. The van der Waals surface area contributed by atoms with Crippen molar-refractivity contribution in [2.24, 2.45) is 0 Å². The molecule has 3 aromatic carbocycles. The summed E-state index contributed by atoms with van der Waals surface area (Å²) in [5, 5.41) is 2.65. The predicted molar refractivity (Wildman–Crippen MR) is 117 cm³/mol. The summed E-state index contributed by atoms with van der Waals surface area (Å²) in [5.74, 6) is -0.734. The second kappa shape index (κ2) is 8.92.